The zero-order valence-electron chi connectivity index (χ0n) is 17.4. The molecule has 0 aliphatic carbocycles. The summed E-state index contributed by atoms with van der Waals surface area (Å²) in [7, 11) is -1.16. The molecule has 0 aliphatic rings. The number of carbonyl (C=O) groups excluding carboxylic acids is 2. The van der Waals surface area contributed by atoms with Gasteiger partial charge in [-0.3, -0.25) is 4.79 Å². The molecule has 0 saturated heterocycles. The lowest BCUT2D eigenvalue weighted by Crippen LogP contribution is -2.31. The third-order valence-electron chi connectivity index (χ3n) is 4.43. The van der Waals surface area contributed by atoms with Crippen molar-refractivity contribution in [3.05, 3.63) is 53.6 Å². The number of carbonyl (C=O) groups is 2. The Bertz CT molecular complexity index is 997. The van der Waals surface area contributed by atoms with Gasteiger partial charge in [0.25, 0.3) is 0 Å². The third kappa shape index (κ3) is 5.37. The van der Waals surface area contributed by atoms with Crippen LogP contribution >= 0.6 is 0 Å². The molecular weight excluding hydrogens is 410 g/mol. The number of benzene rings is 2. The van der Waals surface area contributed by atoms with Crippen LogP contribution in [0.3, 0.4) is 0 Å². The summed E-state index contributed by atoms with van der Waals surface area (Å²) in [5.74, 6) is -0.683. The van der Waals surface area contributed by atoms with E-state index in [-0.39, 0.29) is 47.4 Å². The van der Waals surface area contributed by atoms with Crippen LogP contribution in [0.1, 0.15) is 29.8 Å². The van der Waals surface area contributed by atoms with Crippen molar-refractivity contribution in [1.82, 2.24) is 4.31 Å². The number of sulfonamides is 1. The van der Waals surface area contributed by atoms with Crippen molar-refractivity contribution in [3.8, 4) is 11.5 Å². The lowest BCUT2D eigenvalue weighted by Gasteiger charge is -2.20. The van der Waals surface area contributed by atoms with Crippen LogP contribution in [-0.4, -0.2) is 52.0 Å². The molecule has 0 heterocycles. The summed E-state index contributed by atoms with van der Waals surface area (Å²) < 4.78 is 42.2. The second-order valence-corrected chi connectivity index (χ2v) is 8.15. The van der Waals surface area contributed by atoms with Gasteiger partial charge in [0, 0.05) is 13.1 Å². The monoisotopic (exact) mass is 435 g/mol. The second-order valence-electron chi connectivity index (χ2n) is 6.24. The van der Waals surface area contributed by atoms with Crippen molar-refractivity contribution in [2.45, 2.75) is 25.2 Å². The summed E-state index contributed by atoms with van der Waals surface area (Å²) in [6.07, 6.45) is 0.107. The van der Waals surface area contributed by atoms with Crippen LogP contribution in [0.4, 0.5) is 0 Å². The lowest BCUT2D eigenvalue weighted by molar-refractivity contribution is -0.139. The Morgan fingerprint density at radius 1 is 0.967 bits per heavy atom. The van der Waals surface area contributed by atoms with Crippen molar-refractivity contribution in [2.24, 2.45) is 0 Å². The number of esters is 2. The van der Waals surface area contributed by atoms with Gasteiger partial charge in [0.2, 0.25) is 10.0 Å². The van der Waals surface area contributed by atoms with Gasteiger partial charge in [-0.15, -0.1) is 0 Å². The van der Waals surface area contributed by atoms with Gasteiger partial charge in [-0.1, -0.05) is 26.0 Å². The summed E-state index contributed by atoms with van der Waals surface area (Å²) in [6.45, 7) is 4.04. The topological polar surface area (TPSA) is 99.2 Å². The fourth-order valence-corrected chi connectivity index (χ4v) is 4.43. The molecule has 2 aromatic carbocycles. The summed E-state index contributed by atoms with van der Waals surface area (Å²) in [5, 5.41) is 0. The first-order valence-electron chi connectivity index (χ1n) is 9.32. The highest BCUT2D eigenvalue weighted by Gasteiger charge is 2.27. The Kier molecular flexibility index (Phi) is 7.96. The van der Waals surface area contributed by atoms with Gasteiger partial charge in [-0.2, -0.15) is 4.31 Å². The molecule has 0 fully saturated rings. The molecule has 0 aliphatic heterocycles. The first kappa shape index (κ1) is 23.4. The van der Waals surface area contributed by atoms with E-state index in [0.717, 1.165) is 0 Å². The van der Waals surface area contributed by atoms with E-state index in [1.165, 1.54) is 36.7 Å². The zero-order chi connectivity index (χ0) is 22.3. The van der Waals surface area contributed by atoms with E-state index in [1.54, 1.807) is 38.1 Å². The van der Waals surface area contributed by atoms with Crippen LogP contribution in [0.5, 0.6) is 11.5 Å². The Morgan fingerprint density at radius 2 is 1.60 bits per heavy atom. The maximum atomic E-state index is 12.9. The first-order valence-corrected chi connectivity index (χ1v) is 10.8. The van der Waals surface area contributed by atoms with Crippen molar-refractivity contribution < 1.29 is 32.2 Å². The summed E-state index contributed by atoms with van der Waals surface area (Å²) in [5.41, 5.74) is 0.777. The molecule has 30 heavy (non-hydrogen) atoms. The Labute approximate surface area is 176 Å². The number of nitrogens with zero attached hydrogens (tertiary/aromatic N) is 1. The average Bonchev–Trinajstić information content (AvgIpc) is 2.75. The second kappa shape index (κ2) is 10.2. The smallest absolute Gasteiger partial charge is 0.343 e. The van der Waals surface area contributed by atoms with E-state index in [9.17, 15) is 18.0 Å². The molecule has 0 bridgehead atoms. The highest BCUT2D eigenvalue weighted by atomic mass is 32.2. The molecule has 0 unspecified atom stereocenters. The number of ether oxygens (including phenoxy) is 3. The van der Waals surface area contributed by atoms with E-state index in [0.29, 0.717) is 5.56 Å². The molecule has 9 heteroatoms. The fourth-order valence-electron chi connectivity index (χ4n) is 2.79. The van der Waals surface area contributed by atoms with Gasteiger partial charge in [0.05, 0.1) is 26.2 Å². The average molecular weight is 435 g/mol. The number of methoxy groups -OCH3 is 2. The molecule has 2 rings (SSSR count). The maximum absolute atomic E-state index is 12.9. The minimum Gasteiger partial charge on any atom is -0.495 e. The molecule has 0 N–H and O–H groups in total. The highest BCUT2D eigenvalue weighted by Crippen LogP contribution is 2.28. The zero-order valence-corrected chi connectivity index (χ0v) is 18.2. The molecule has 8 nitrogen and oxygen atoms in total. The molecule has 0 spiro atoms. The summed E-state index contributed by atoms with van der Waals surface area (Å²) >= 11 is 0. The van der Waals surface area contributed by atoms with Crippen LogP contribution in [-0.2, 0) is 26.0 Å². The van der Waals surface area contributed by atoms with Crippen LogP contribution in [0.25, 0.3) is 0 Å². The minimum atomic E-state index is -3.84. The maximum Gasteiger partial charge on any atom is 0.343 e. The van der Waals surface area contributed by atoms with E-state index < -0.39 is 16.0 Å². The SMILES string of the molecule is CCN(CC)S(=O)(=O)c1cc(C(=O)Oc2ccc(CC(=O)OC)cc2)ccc1OC. The molecule has 0 radical (unpaired) electrons. The van der Waals surface area contributed by atoms with E-state index in [2.05, 4.69) is 4.74 Å². The van der Waals surface area contributed by atoms with Gasteiger partial charge >= 0.3 is 11.9 Å². The predicted octanol–water partition coefficient (Wildman–Crippen LogP) is 2.66. The third-order valence-corrected chi connectivity index (χ3v) is 6.50. The molecule has 2 aromatic rings. The van der Waals surface area contributed by atoms with Crippen molar-refractivity contribution >= 4 is 22.0 Å². The molecule has 0 amide bonds. The lowest BCUT2D eigenvalue weighted by atomic mass is 10.1. The number of hydrogen-bond acceptors (Lipinski definition) is 7. The summed E-state index contributed by atoms with van der Waals surface area (Å²) in [4.78, 5) is 23.8. The van der Waals surface area contributed by atoms with Gasteiger partial charge in [-0.05, 0) is 35.9 Å². The number of rotatable bonds is 9. The molecule has 0 saturated carbocycles. The largest absolute Gasteiger partial charge is 0.495 e. The molecular formula is C21H25NO7S. The van der Waals surface area contributed by atoms with Crippen LogP contribution in [0.15, 0.2) is 47.4 Å². The fraction of sp³-hybridized carbons (Fsp3) is 0.333. The first-order chi connectivity index (χ1) is 14.3. The van der Waals surface area contributed by atoms with Crippen LogP contribution in [0.2, 0.25) is 0 Å². The Hall–Kier alpha value is -2.91. The Morgan fingerprint density at radius 3 is 2.13 bits per heavy atom. The predicted molar refractivity (Wildman–Crippen MR) is 110 cm³/mol. The van der Waals surface area contributed by atoms with E-state index >= 15 is 0 Å². The summed E-state index contributed by atoms with van der Waals surface area (Å²) in [6, 6.07) is 10.5. The van der Waals surface area contributed by atoms with Gasteiger partial charge in [0.1, 0.15) is 16.4 Å². The minimum absolute atomic E-state index is 0.0696. The van der Waals surface area contributed by atoms with Crippen LogP contribution in [0, 0.1) is 0 Å². The number of hydrogen-bond donors (Lipinski definition) is 0. The van der Waals surface area contributed by atoms with Crippen molar-refractivity contribution in [2.75, 3.05) is 27.3 Å². The van der Waals surface area contributed by atoms with E-state index in [1.807, 2.05) is 0 Å². The molecule has 162 valence electrons. The van der Waals surface area contributed by atoms with Gasteiger partial charge in [-0.25, -0.2) is 13.2 Å². The van der Waals surface area contributed by atoms with E-state index in [4.69, 9.17) is 9.47 Å². The standard InChI is InChI=1S/C21H25NO7S/c1-5-22(6-2)30(25,26)19-14-16(9-12-18(19)27-3)21(24)29-17-10-7-15(8-11-17)13-20(23)28-4/h7-12,14H,5-6,13H2,1-4H3. The van der Waals surface area contributed by atoms with Crippen molar-refractivity contribution in [1.29, 1.82) is 0 Å². The van der Waals surface area contributed by atoms with Crippen molar-refractivity contribution in [3.63, 3.8) is 0 Å². The highest BCUT2D eigenvalue weighted by molar-refractivity contribution is 7.89. The normalized spacial score (nSPS) is 11.2. The molecule has 0 aromatic heterocycles. The Balaban J connectivity index is 2.27. The quantitative estimate of drug-likeness (QED) is 0.441. The van der Waals surface area contributed by atoms with Gasteiger partial charge in [0.15, 0.2) is 0 Å². The van der Waals surface area contributed by atoms with Crippen LogP contribution < -0.4 is 9.47 Å². The van der Waals surface area contributed by atoms with Gasteiger partial charge < -0.3 is 14.2 Å². The molecule has 0 atom stereocenters.